The molecule has 6 heteroatoms. The smallest absolute Gasteiger partial charge is 0.0738 e. The number of nitrogens with zero attached hydrogens (tertiary/aromatic N) is 3. The SMILES string of the molecule is Cc1ccc(-c2c3nc(c(-c4ccc(C)cc4)c4ccc([nH]4)c(-c4cn[nH]c4)c4nc(c(-c5ccc(C)cc5)c5ccc2[nH]5)C=C4)C=C3)cc1. The molecule has 0 amide bonds. The molecule has 0 radical (unpaired) electrons. The van der Waals surface area contributed by atoms with E-state index in [0.717, 1.165) is 89.4 Å². The van der Waals surface area contributed by atoms with Crippen molar-refractivity contribution >= 4 is 46.4 Å². The van der Waals surface area contributed by atoms with E-state index in [1.54, 1.807) is 0 Å². The minimum Gasteiger partial charge on any atom is -0.354 e. The van der Waals surface area contributed by atoms with E-state index in [9.17, 15) is 0 Å². The lowest BCUT2D eigenvalue weighted by atomic mass is 10.0. The summed E-state index contributed by atoms with van der Waals surface area (Å²) in [4.78, 5) is 18.3. The number of H-pyrrole nitrogens is 3. The third-order valence-corrected chi connectivity index (χ3v) is 9.56. The van der Waals surface area contributed by atoms with Crippen molar-refractivity contribution in [2.45, 2.75) is 20.8 Å². The minimum absolute atomic E-state index is 0.857. The molecule has 2 aliphatic rings. The summed E-state index contributed by atoms with van der Waals surface area (Å²) in [5, 5.41) is 7.32. The first-order valence-corrected chi connectivity index (χ1v) is 16.8. The zero-order valence-electron chi connectivity index (χ0n) is 28.0. The number of rotatable bonds is 4. The molecule has 0 aliphatic carbocycles. The largest absolute Gasteiger partial charge is 0.354 e. The Bertz CT molecular complexity index is 2590. The van der Waals surface area contributed by atoms with Crippen molar-refractivity contribution in [3.8, 4) is 44.5 Å². The Morgan fingerprint density at radius 2 is 0.700 bits per heavy atom. The molecule has 50 heavy (non-hydrogen) atoms. The van der Waals surface area contributed by atoms with Crippen LogP contribution >= 0.6 is 0 Å². The van der Waals surface area contributed by atoms with Crippen molar-refractivity contribution in [2.75, 3.05) is 0 Å². The zero-order valence-corrected chi connectivity index (χ0v) is 28.0. The highest BCUT2D eigenvalue weighted by atomic mass is 15.1. The fourth-order valence-corrected chi connectivity index (χ4v) is 6.97. The second kappa shape index (κ2) is 11.9. The molecular weight excluding hydrogens is 613 g/mol. The van der Waals surface area contributed by atoms with E-state index in [0.29, 0.717) is 0 Å². The number of hydrogen-bond acceptors (Lipinski definition) is 3. The van der Waals surface area contributed by atoms with E-state index in [1.807, 2.05) is 12.4 Å². The number of nitrogens with one attached hydrogen (secondary N) is 3. The fraction of sp³-hybridized carbons (Fsp3) is 0.0682. The van der Waals surface area contributed by atoms with Crippen LogP contribution in [0.2, 0.25) is 0 Å². The second-order valence-electron chi connectivity index (χ2n) is 13.1. The van der Waals surface area contributed by atoms with Crippen LogP contribution in [0.25, 0.3) is 90.9 Å². The molecule has 3 N–H and O–H groups in total. The van der Waals surface area contributed by atoms with Crippen LogP contribution in [-0.2, 0) is 0 Å². The van der Waals surface area contributed by atoms with Gasteiger partial charge in [0.2, 0.25) is 0 Å². The first-order valence-electron chi connectivity index (χ1n) is 16.8. The average molecular weight is 647 g/mol. The number of aromatic nitrogens is 6. The molecule has 0 fully saturated rings. The van der Waals surface area contributed by atoms with Crippen molar-refractivity contribution in [3.05, 3.63) is 149 Å². The lowest BCUT2D eigenvalue weighted by Gasteiger charge is -2.07. The molecule has 240 valence electrons. The average Bonchev–Trinajstić information content (AvgIpc) is 3.97. The highest BCUT2D eigenvalue weighted by molar-refractivity contribution is 5.99. The van der Waals surface area contributed by atoms with Crippen molar-refractivity contribution in [1.82, 2.24) is 30.1 Å². The quantitative estimate of drug-likeness (QED) is 0.178. The molecule has 9 rings (SSSR count). The maximum Gasteiger partial charge on any atom is 0.0738 e. The first-order chi connectivity index (χ1) is 24.5. The zero-order chi connectivity index (χ0) is 33.8. The monoisotopic (exact) mass is 646 g/mol. The van der Waals surface area contributed by atoms with Gasteiger partial charge in [-0.05, 0) is 86.0 Å². The number of aromatic amines is 3. The molecular formula is C44H34N6. The minimum atomic E-state index is 0.857. The molecule has 3 aromatic carbocycles. The highest BCUT2D eigenvalue weighted by Crippen LogP contribution is 2.38. The molecule has 7 aromatic rings. The van der Waals surface area contributed by atoms with Crippen molar-refractivity contribution in [1.29, 1.82) is 0 Å². The van der Waals surface area contributed by atoms with Crippen LogP contribution in [0, 0.1) is 20.8 Å². The number of aryl methyl sites for hydroxylation is 3. The van der Waals surface area contributed by atoms with Gasteiger partial charge in [-0.25, -0.2) is 9.97 Å². The molecule has 0 unspecified atom stereocenters. The van der Waals surface area contributed by atoms with Gasteiger partial charge in [0.15, 0.2) is 0 Å². The predicted molar refractivity (Wildman–Crippen MR) is 207 cm³/mol. The van der Waals surface area contributed by atoms with Crippen LogP contribution in [0.5, 0.6) is 0 Å². The van der Waals surface area contributed by atoms with E-state index in [2.05, 4.69) is 162 Å². The molecule has 0 saturated carbocycles. The van der Waals surface area contributed by atoms with Gasteiger partial charge in [-0.2, -0.15) is 5.10 Å². The van der Waals surface area contributed by atoms with Crippen LogP contribution in [0.3, 0.4) is 0 Å². The maximum atomic E-state index is 5.38. The predicted octanol–water partition coefficient (Wildman–Crippen LogP) is 11.0. The van der Waals surface area contributed by atoms with Gasteiger partial charge in [0, 0.05) is 56.1 Å². The Kier molecular flexibility index (Phi) is 7.02. The standard InChI is InChI=1S/C44H34N6/c1-26-4-10-29(11-5-26)41-33-16-18-35(47-33)42(30-12-6-27(2)7-13-30)37-20-22-39(49-37)44(32-24-45-46-25-32)40-23-21-38(50-40)43(36-19-17-34(41)48-36)31-14-8-28(3)9-15-31/h4-25,47,50H,1-3H3,(H,45,46). The summed E-state index contributed by atoms with van der Waals surface area (Å²) < 4.78 is 0. The number of fused-ring (bicyclic) bond motifs is 8. The van der Waals surface area contributed by atoms with Crippen molar-refractivity contribution in [2.24, 2.45) is 0 Å². The van der Waals surface area contributed by atoms with Crippen LogP contribution in [-0.4, -0.2) is 30.1 Å². The normalized spacial score (nSPS) is 12.1. The van der Waals surface area contributed by atoms with Gasteiger partial charge in [0.05, 0.1) is 29.0 Å². The first kappa shape index (κ1) is 29.6. The van der Waals surface area contributed by atoms with Crippen LogP contribution < -0.4 is 0 Å². The molecule has 2 aliphatic heterocycles. The van der Waals surface area contributed by atoms with E-state index >= 15 is 0 Å². The lowest BCUT2D eigenvalue weighted by molar-refractivity contribution is 1.09. The van der Waals surface area contributed by atoms with E-state index in [1.165, 1.54) is 16.7 Å². The van der Waals surface area contributed by atoms with Gasteiger partial charge in [-0.15, -0.1) is 0 Å². The molecule has 0 saturated heterocycles. The lowest BCUT2D eigenvalue weighted by Crippen LogP contribution is -1.89. The van der Waals surface area contributed by atoms with Gasteiger partial charge in [0.25, 0.3) is 0 Å². The summed E-state index contributed by atoms with van der Waals surface area (Å²) in [6, 6.07) is 34.6. The van der Waals surface area contributed by atoms with E-state index in [4.69, 9.17) is 9.97 Å². The summed E-state index contributed by atoms with van der Waals surface area (Å²) in [7, 11) is 0. The summed E-state index contributed by atoms with van der Waals surface area (Å²) in [6.45, 7) is 6.34. The Morgan fingerprint density at radius 3 is 1.00 bits per heavy atom. The molecule has 6 nitrogen and oxygen atoms in total. The molecule has 6 heterocycles. The highest BCUT2D eigenvalue weighted by Gasteiger charge is 2.19. The van der Waals surface area contributed by atoms with Gasteiger partial charge >= 0.3 is 0 Å². The summed E-state index contributed by atoms with van der Waals surface area (Å²) in [5.41, 5.74) is 19.3. The van der Waals surface area contributed by atoms with Gasteiger partial charge < -0.3 is 9.97 Å². The van der Waals surface area contributed by atoms with Gasteiger partial charge in [0.1, 0.15) is 0 Å². The third-order valence-electron chi connectivity index (χ3n) is 9.56. The van der Waals surface area contributed by atoms with Crippen LogP contribution in [0.1, 0.15) is 39.5 Å². The molecule has 0 atom stereocenters. The van der Waals surface area contributed by atoms with Crippen LogP contribution in [0.4, 0.5) is 0 Å². The van der Waals surface area contributed by atoms with E-state index < -0.39 is 0 Å². The Morgan fingerprint density at radius 1 is 0.380 bits per heavy atom. The third kappa shape index (κ3) is 5.18. The van der Waals surface area contributed by atoms with Gasteiger partial charge in [-0.3, -0.25) is 5.10 Å². The topological polar surface area (TPSA) is 86.0 Å². The fourth-order valence-electron chi connectivity index (χ4n) is 6.97. The molecule has 0 spiro atoms. The van der Waals surface area contributed by atoms with Gasteiger partial charge in [-0.1, -0.05) is 89.5 Å². The summed E-state index contributed by atoms with van der Waals surface area (Å²) >= 11 is 0. The van der Waals surface area contributed by atoms with E-state index in [-0.39, 0.29) is 0 Å². The Balaban J connectivity index is 1.47. The summed E-state index contributed by atoms with van der Waals surface area (Å²) in [6.07, 6.45) is 12.3. The molecule has 4 aromatic heterocycles. The Hall–Kier alpha value is -6.53. The van der Waals surface area contributed by atoms with Crippen molar-refractivity contribution < 1.29 is 0 Å². The number of benzene rings is 3. The summed E-state index contributed by atoms with van der Waals surface area (Å²) in [5.74, 6) is 0. The number of hydrogen-bond donors (Lipinski definition) is 3. The second-order valence-corrected chi connectivity index (χ2v) is 13.1. The Labute approximate surface area is 290 Å². The molecule has 8 bridgehead atoms. The van der Waals surface area contributed by atoms with Crippen LogP contribution in [0.15, 0.2) is 109 Å². The maximum absolute atomic E-state index is 5.38. The van der Waals surface area contributed by atoms with Crippen molar-refractivity contribution in [3.63, 3.8) is 0 Å².